The lowest BCUT2D eigenvalue weighted by molar-refractivity contribution is -0.117. The summed E-state index contributed by atoms with van der Waals surface area (Å²) < 4.78 is 23.5. The number of nitrogens with zero attached hydrogens (tertiary/aromatic N) is 2. The molecule has 3 aromatic carbocycles. The van der Waals surface area contributed by atoms with Crippen LogP contribution in [0.25, 0.3) is 21.2 Å². The maximum atomic E-state index is 14.1. The molecule has 10 heteroatoms. The first-order valence-electron chi connectivity index (χ1n) is 13.8. The molecule has 0 spiro atoms. The summed E-state index contributed by atoms with van der Waals surface area (Å²) in [6.07, 6.45) is 0.868. The maximum Gasteiger partial charge on any atom is 0.296 e. The van der Waals surface area contributed by atoms with Crippen molar-refractivity contribution < 1.29 is 33.3 Å². The van der Waals surface area contributed by atoms with Gasteiger partial charge in [0.05, 0.1) is 42.7 Å². The van der Waals surface area contributed by atoms with Crippen LogP contribution in [0.2, 0.25) is 0 Å². The summed E-state index contributed by atoms with van der Waals surface area (Å²) in [6, 6.07) is 18.5. The van der Waals surface area contributed by atoms with Crippen LogP contribution in [0.4, 0.5) is 5.13 Å². The molecule has 0 saturated heterocycles. The smallest absolute Gasteiger partial charge is 0.296 e. The van der Waals surface area contributed by atoms with Gasteiger partial charge in [0.25, 0.3) is 5.91 Å². The van der Waals surface area contributed by atoms with Gasteiger partial charge in [-0.25, -0.2) is 4.98 Å². The number of furan rings is 1. The fourth-order valence-electron chi connectivity index (χ4n) is 5.10. The van der Waals surface area contributed by atoms with Gasteiger partial charge in [0.1, 0.15) is 11.5 Å². The van der Waals surface area contributed by atoms with Crippen LogP contribution in [0.15, 0.2) is 82.5 Å². The maximum absolute atomic E-state index is 14.1. The van der Waals surface area contributed by atoms with E-state index in [1.807, 2.05) is 12.1 Å². The lowest BCUT2D eigenvalue weighted by atomic mass is 9.95. The van der Waals surface area contributed by atoms with E-state index in [0.717, 1.165) is 11.1 Å². The molecule has 0 aliphatic carbocycles. The van der Waals surface area contributed by atoms with Crippen molar-refractivity contribution in [3.63, 3.8) is 0 Å². The number of carbonyl (C=O) groups is 2. The highest BCUT2D eigenvalue weighted by atomic mass is 32.1. The summed E-state index contributed by atoms with van der Waals surface area (Å²) >= 11 is 1.26. The van der Waals surface area contributed by atoms with Crippen LogP contribution >= 0.6 is 11.3 Å². The minimum atomic E-state index is -0.994. The summed E-state index contributed by atoms with van der Waals surface area (Å²) in [5.41, 5.74) is 1.51. The van der Waals surface area contributed by atoms with Gasteiger partial charge in [-0.3, -0.25) is 14.5 Å². The fourth-order valence-corrected chi connectivity index (χ4v) is 6.12. The molecule has 1 N–H and O–H groups in total. The first-order valence-corrected chi connectivity index (χ1v) is 14.7. The zero-order chi connectivity index (χ0) is 30.2. The Bertz CT molecular complexity index is 1890. The number of carbonyl (C=O) groups excluding carboxylic acids is 2. The van der Waals surface area contributed by atoms with Crippen LogP contribution in [0, 0.1) is 5.92 Å². The predicted octanol–water partition coefficient (Wildman–Crippen LogP) is 7.27. The molecule has 2 aromatic heterocycles. The predicted molar refractivity (Wildman–Crippen MR) is 165 cm³/mol. The Morgan fingerprint density at radius 1 is 1.05 bits per heavy atom. The molecule has 0 bridgehead atoms. The van der Waals surface area contributed by atoms with Crippen molar-refractivity contribution in [3.05, 3.63) is 89.4 Å². The zero-order valence-electron chi connectivity index (χ0n) is 24.1. The van der Waals surface area contributed by atoms with Gasteiger partial charge >= 0.3 is 0 Å². The number of aliphatic hydroxyl groups excluding tert-OH is 1. The van der Waals surface area contributed by atoms with Gasteiger partial charge in [0.15, 0.2) is 28.0 Å². The monoisotopic (exact) mass is 598 g/mol. The third-order valence-electron chi connectivity index (χ3n) is 7.33. The number of hydrogen-bond acceptors (Lipinski definition) is 9. The van der Waals surface area contributed by atoms with Crippen LogP contribution in [0.3, 0.4) is 0 Å². The molecule has 3 heterocycles. The minimum absolute atomic E-state index is 0.0286. The highest BCUT2D eigenvalue weighted by molar-refractivity contribution is 7.22. The molecule has 0 saturated carbocycles. The number of Topliss-reactive ketones (excluding diaryl/α,β-unsaturated/α-hetero) is 1. The van der Waals surface area contributed by atoms with Gasteiger partial charge in [-0.1, -0.05) is 49.4 Å². The molecule has 1 unspecified atom stereocenters. The van der Waals surface area contributed by atoms with E-state index in [2.05, 4.69) is 13.8 Å². The molecule has 5 aromatic rings. The highest BCUT2D eigenvalue weighted by Crippen LogP contribution is 2.45. The number of ether oxygens (including phenoxy) is 3. The zero-order valence-corrected chi connectivity index (χ0v) is 24.9. The van der Waals surface area contributed by atoms with Crippen molar-refractivity contribution in [3.8, 4) is 17.2 Å². The summed E-state index contributed by atoms with van der Waals surface area (Å²) in [4.78, 5) is 33.9. The lowest BCUT2D eigenvalue weighted by Crippen LogP contribution is -2.31. The molecular formula is C33H30N2O7S. The third kappa shape index (κ3) is 5.18. The van der Waals surface area contributed by atoms with E-state index < -0.39 is 23.5 Å². The second-order valence-corrected chi connectivity index (χ2v) is 11.6. The number of methoxy groups -OCH3 is 2. The molecule has 0 fully saturated rings. The Morgan fingerprint density at radius 2 is 1.86 bits per heavy atom. The van der Waals surface area contributed by atoms with E-state index in [1.54, 1.807) is 61.7 Å². The highest BCUT2D eigenvalue weighted by Gasteiger charge is 2.46. The van der Waals surface area contributed by atoms with Crippen LogP contribution < -0.4 is 19.1 Å². The largest absolute Gasteiger partial charge is 0.503 e. The number of thiazole rings is 1. The number of rotatable bonds is 10. The number of fused-ring (bicyclic) bond motifs is 2. The van der Waals surface area contributed by atoms with Crippen molar-refractivity contribution >= 4 is 49.3 Å². The summed E-state index contributed by atoms with van der Waals surface area (Å²) in [5.74, 6) is 0.123. The number of hydrogen-bond donors (Lipinski definition) is 1. The second-order valence-electron chi connectivity index (χ2n) is 10.6. The summed E-state index contributed by atoms with van der Waals surface area (Å²) in [7, 11) is 3.09. The normalized spacial score (nSPS) is 15.2. The van der Waals surface area contributed by atoms with E-state index in [0.29, 0.717) is 57.0 Å². The summed E-state index contributed by atoms with van der Waals surface area (Å²) in [6.45, 7) is 4.75. The Morgan fingerprint density at radius 3 is 2.63 bits per heavy atom. The average Bonchev–Trinajstić information content (AvgIpc) is 3.70. The number of benzene rings is 3. The molecule has 1 aliphatic heterocycles. The van der Waals surface area contributed by atoms with Crippen molar-refractivity contribution in [2.75, 3.05) is 25.7 Å². The molecule has 0 radical (unpaired) electrons. The Hall–Kier alpha value is -4.83. The first kappa shape index (κ1) is 28.3. The van der Waals surface area contributed by atoms with Crippen LogP contribution in [0.1, 0.15) is 42.4 Å². The number of aromatic nitrogens is 1. The van der Waals surface area contributed by atoms with Crippen LogP contribution in [-0.4, -0.2) is 42.6 Å². The molecule has 1 amide bonds. The quantitative estimate of drug-likeness (QED) is 0.167. The van der Waals surface area contributed by atoms with Crippen LogP contribution in [0.5, 0.6) is 17.2 Å². The second kappa shape index (κ2) is 11.4. The van der Waals surface area contributed by atoms with Gasteiger partial charge in [-0.2, -0.15) is 0 Å². The van der Waals surface area contributed by atoms with E-state index >= 15 is 0 Å². The number of para-hydroxylation sites is 1. The van der Waals surface area contributed by atoms with Crippen molar-refractivity contribution in [2.45, 2.75) is 26.3 Å². The van der Waals surface area contributed by atoms with Gasteiger partial charge in [0.2, 0.25) is 5.78 Å². The van der Waals surface area contributed by atoms with Crippen LogP contribution in [-0.2, 0) is 4.79 Å². The number of aliphatic hydroxyl groups is 1. The minimum Gasteiger partial charge on any atom is -0.503 e. The van der Waals surface area contributed by atoms with Gasteiger partial charge in [0, 0.05) is 5.39 Å². The Labute approximate surface area is 251 Å². The number of amides is 1. The Kier molecular flexibility index (Phi) is 7.53. The van der Waals surface area contributed by atoms with Crippen molar-refractivity contribution in [2.24, 2.45) is 5.92 Å². The molecule has 6 rings (SSSR count). The average molecular weight is 599 g/mol. The third-order valence-corrected chi connectivity index (χ3v) is 8.35. The Balaban J connectivity index is 1.46. The van der Waals surface area contributed by atoms with Gasteiger partial charge in [-0.05, 0) is 60.4 Å². The van der Waals surface area contributed by atoms with E-state index in [1.165, 1.54) is 23.3 Å². The van der Waals surface area contributed by atoms with Gasteiger partial charge in [-0.15, -0.1) is 0 Å². The fraction of sp³-hybridized carbons (Fsp3) is 0.242. The molecule has 9 nitrogen and oxygen atoms in total. The molecule has 220 valence electrons. The number of ketones is 1. The van der Waals surface area contributed by atoms with Crippen molar-refractivity contribution in [1.82, 2.24) is 4.98 Å². The molecule has 1 atom stereocenters. The lowest BCUT2D eigenvalue weighted by Gasteiger charge is -2.24. The van der Waals surface area contributed by atoms with E-state index in [4.69, 9.17) is 23.6 Å². The standard InChI is InChI=1S/C33H30N2O7S/c1-18(2)13-14-41-22-9-5-7-19(15-22)28-27(29(36)25-16-20-8-6-10-24(40-4)31(20)42-25)30(37)32(38)35(28)33-34-23-12-11-21(39-3)17-26(23)43-33/h5-12,15-18,28,37H,13-14H2,1-4H3. The molecule has 43 heavy (non-hydrogen) atoms. The first-order chi connectivity index (χ1) is 20.8. The van der Waals surface area contributed by atoms with E-state index in [9.17, 15) is 14.7 Å². The van der Waals surface area contributed by atoms with Crippen molar-refractivity contribution in [1.29, 1.82) is 0 Å². The van der Waals surface area contributed by atoms with E-state index in [-0.39, 0.29) is 11.3 Å². The topological polar surface area (TPSA) is 111 Å². The van der Waals surface area contributed by atoms with Gasteiger partial charge < -0.3 is 23.7 Å². The summed E-state index contributed by atoms with van der Waals surface area (Å²) in [5, 5.41) is 12.3. The SMILES string of the molecule is COc1ccc2nc(N3C(=O)C(O)=C(C(=O)c4cc5cccc(OC)c5o4)C3c3cccc(OCCC(C)C)c3)sc2c1. The molecular weight excluding hydrogens is 568 g/mol. The number of anilines is 1. The molecule has 1 aliphatic rings.